The van der Waals surface area contributed by atoms with Crippen LogP contribution in [-0.4, -0.2) is 9.78 Å². The number of H-pyrrole nitrogens is 1. The summed E-state index contributed by atoms with van der Waals surface area (Å²) in [6.45, 7) is 0. The van der Waals surface area contributed by atoms with Gasteiger partial charge in [0.25, 0.3) is 5.56 Å². The molecule has 62 valence electrons. The van der Waals surface area contributed by atoms with Crippen LogP contribution in [0.5, 0.6) is 0 Å². The third-order valence-electron chi connectivity index (χ3n) is 1.85. The maximum absolute atomic E-state index is 11.3. The van der Waals surface area contributed by atoms with Gasteiger partial charge in [0.1, 0.15) is 0 Å². The number of benzene rings is 1. The Morgan fingerprint density at radius 3 is 2.92 bits per heavy atom. The van der Waals surface area contributed by atoms with Gasteiger partial charge in [-0.1, -0.05) is 6.07 Å². The molecule has 3 nitrogen and oxygen atoms in total. The van der Waals surface area contributed by atoms with Crippen molar-refractivity contribution in [1.82, 2.24) is 9.78 Å². The summed E-state index contributed by atoms with van der Waals surface area (Å²) in [5, 5.41) is 3.49. The second-order valence-corrected chi connectivity index (χ2v) is 3.80. The number of rotatable bonds is 0. The molecule has 4 heteroatoms. The molecule has 12 heavy (non-hydrogen) atoms. The molecule has 1 N–H and O–H groups in total. The lowest BCUT2D eigenvalue weighted by molar-refractivity contribution is 0.783. The number of aromatic amines is 1. The monoisotopic (exact) mass is 274 g/mol. The quantitative estimate of drug-likeness (QED) is 0.726. The van der Waals surface area contributed by atoms with E-state index in [-0.39, 0.29) is 5.56 Å². The highest BCUT2D eigenvalue weighted by molar-refractivity contribution is 14.1. The summed E-state index contributed by atoms with van der Waals surface area (Å²) in [6, 6.07) is 5.80. The van der Waals surface area contributed by atoms with Gasteiger partial charge in [-0.05, 0) is 34.7 Å². The smallest absolute Gasteiger partial charge is 0.273 e. The Bertz CT molecular complexity index is 483. The van der Waals surface area contributed by atoms with E-state index in [4.69, 9.17) is 0 Å². The van der Waals surface area contributed by atoms with Crippen LogP contribution in [0.3, 0.4) is 0 Å². The third kappa shape index (κ3) is 0.979. The average Bonchev–Trinajstić information content (AvgIpc) is 2.29. The normalized spacial score (nSPS) is 10.8. The number of hydrogen-bond acceptors (Lipinski definition) is 1. The Balaban J connectivity index is 3.09. The molecule has 0 amide bonds. The summed E-state index contributed by atoms with van der Waals surface area (Å²) < 4.78 is 2.73. The van der Waals surface area contributed by atoms with Crippen LogP contribution in [0.15, 0.2) is 23.0 Å². The van der Waals surface area contributed by atoms with Gasteiger partial charge in [-0.2, -0.15) is 0 Å². The molecule has 0 atom stereocenters. The van der Waals surface area contributed by atoms with Gasteiger partial charge < -0.3 is 0 Å². The van der Waals surface area contributed by atoms with Gasteiger partial charge >= 0.3 is 0 Å². The predicted molar refractivity (Wildman–Crippen MR) is 56.3 cm³/mol. The fourth-order valence-electron chi connectivity index (χ4n) is 1.29. The van der Waals surface area contributed by atoms with Crippen LogP contribution < -0.4 is 5.56 Å². The van der Waals surface area contributed by atoms with Gasteiger partial charge in [-0.25, -0.2) is 0 Å². The molecular formula is C8H7IN2O. The van der Waals surface area contributed by atoms with E-state index in [1.807, 2.05) is 25.2 Å². The van der Waals surface area contributed by atoms with Crippen molar-refractivity contribution in [3.63, 3.8) is 0 Å². The van der Waals surface area contributed by atoms with Crippen LogP contribution in [0.2, 0.25) is 0 Å². The molecule has 1 aromatic carbocycles. The van der Waals surface area contributed by atoms with E-state index in [1.165, 1.54) is 0 Å². The van der Waals surface area contributed by atoms with Gasteiger partial charge in [0.15, 0.2) is 0 Å². The Kier molecular flexibility index (Phi) is 1.71. The fraction of sp³-hybridized carbons (Fsp3) is 0.125. The van der Waals surface area contributed by atoms with E-state index in [9.17, 15) is 4.79 Å². The highest BCUT2D eigenvalue weighted by atomic mass is 127. The first kappa shape index (κ1) is 7.85. The first-order valence-electron chi connectivity index (χ1n) is 3.53. The number of nitrogens with zero attached hydrogens (tertiary/aromatic N) is 1. The zero-order valence-electron chi connectivity index (χ0n) is 6.47. The number of hydrogen-bond donors (Lipinski definition) is 1. The van der Waals surface area contributed by atoms with E-state index in [0.29, 0.717) is 0 Å². The zero-order chi connectivity index (χ0) is 8.72. The van der Waals surface area contributed by atoms with Crippen LogP contribution in [-0.2, 0) is 7.05 Å². The minimum Gasteiger partial charge on any atom is -0.288 e. The van der Waals surface area contributed by atoms with E-state index < -0.39 is 0 Å². The molecule has 0 bridgehead atoms. The molecule has 0 saturated carbocycles. The summed E-state index contributed by atoms with van der Waals surface area (Å²) in [4.78, 5) is 11.3. The topological polar surface area (TPSA) is 37.8 Å². The molecule has 0 unspecified atom stereocenters. The van der Waals surface area contributed by atoms with E-state index in [2.05, 4.69) is 27.7 Å². The van der Waals surface area contributed by atoms with Crippen molar-refractivity contribution >= 4 is 33.5 Å². The van der Waals surface area contributed by atoms with E-state index in [1.54, 1.807) is 4.68 Å². The lowest BCUT2D eigenvalue weighted by Gasteiger charge is -1.93. The van der Waals surface area contributed by atoms with Gasteiger partial charge in [-0.3, -0.25) is 14.6 Å². The van der Waals surface area contributed by atoms with Crippen molar-refractivity contribution in [1.29, 1.82) is 0 Å². The van der Waals surface area contributed by atoms with Gasteiger partial charge in [0, 0.05) is 10.6 Å². The molecule has 0 radical (unpaired) electrons. The van der Waals surface area contributed by atoms with Crippen LogP contribution in [0, 0.1) is 3.57 Å². The number of halogens is 1. The van der Waals surface area contributed by atoms with Crippen LogP contribution in [0.1, 0.15) is 0 Å². The average molecular weight is 274 g/mol. The molecular weight excluding hydrogens is 267 g/mol. The van der Waals surface area contributed by atoms with Crippen LogP contribution in [0.4, 0.5) is 0 Å². The van der Waals surface area contributed by atoms with Crippen molar-refractivity contribution in [2.24, 2.45) is 7.05 Å². The molecule has 0 aliphatic rings. The van der Waals surface area contributed by atoms with Crippen molar-refractivity contribution in [2.45, 2.75) is 0 Å². The number of aryl methyl sites for hydroxylation is 1. The van der Waals surface area contributed by atoms with Crippen molar-refractivity contribution in [3.8, 4) is 0 Å². The molecule has 1 heterocycles. The molecule has 0 aliphatic carbocycles. The largest absolute Gasteiger partial charge is 0.288 e. The van der Waals surface area contributed by atoms with Gasteiger partial charge in [0.05, 0.1) is 10.9 Å². The Morgan fingerprint density at radius 1 is 1.50 bits per heavy atom. The molecule has 2 rings (SSSR count). The second-order valence-electron chi connectivity index (χ2n) is 2.63. The molecule has 1 aromatic heterocycles. The summed E-state index contributed by atoms with van der Waals surface area (Å²) in [5.41, 5.74) is 0.935. The van der Waals surface area contributed by atoms with E-state index in [0.717, 1.165) is 14.5 Å². The molecule has 0 saturated heterocycles. The Hall–Kier alpha value is -0.780. The number of nitrogens with one attached hydrogen (secondary N) is 1. The summed E-state index contributed by atoms with van der Waals surface area (Å²) in [5.74, 6) is 0. The standard InChI is InChI=1S/C8H7IN2O/c1-11-6-4-2-3-5(9)7(6)8(12)10-11/h2-4H,1H3,(H,10,12). The summed E-state index contributed by atoms with van der Waals surface area (Å²) >= 11 is 2.16. The Morgan fingerprint density at radius 2 is 2.25 bits per heavy atom. The van der Waals surface area contributed by atoms with Crippen molar-refractivity contribution in [2.75, 3.05) is 0 Å². The zero-order valence-corrected chi connectivity index (χ0v) is 8.62. The van der Waals surface area contributed by atoms with Crippen molar-refractivity contribution in [3.05, 3.63) is 32.1 Å². The minimum atomic E-state index is -0.0162. The van der Waals surface area contributed by atoms with Crippen LogP contribution >= 0.6 is 22.6 Å². The molecule has 0 spiro atoms. The molecule has 2 aromatic rings. The van der Waals surface area contributed by atoms with Gasteiger partial charge in [0.2, 0.25) is 0 Å². The summed E-state index contributed by atoms with van der Waals surface area (Å²) in [6.07, 6.45) is 0. The highest BCUT2D eigenvalue weighted by Crippen LogP contribution is 2.15. The first-order chi connectivity index (χ1) is 5.70. The van der Waals surface area contributed by atoms with Crippen molar-refractivity contribution < 1.29 is 0 Å². The number of aromatic nitrogens is 2. The maximum atomic E-state index is 11.3. The lowest BCUT2D eigenvalue weighted by Crippen LogP contribution is -2.01. The van der Waals surface area contributed by atoms with Gasteiger partial charge in [-0.15, -0.1) is 0 Å². The fourth-order valence-corrected chi connectivity index (χ4v) is 2.01. The third-order valence-corrected chi connectivity index (χ3v) is 2.75. The predicted octanol–water partition coefficient (Wildman–Crippen LogP) is 1.47. The van der Waals surface area contributed by atoms with Crippen LogP contribution in [0.25, 0.3) is 10.9 Å². The van der Waals surface area contributed by atoms with E-state index >= 15 is 0 Å². The minimum absolute atomic E-state index is 0.0162. The lowest BCUT2D eigenvalue weighted by atomic mass is 10.2. The molecule has 0 aliphatic heterocycles. The SMILES string of the molecule is Cn1[nH]c(=O)c2c(I)cccc21. The highest BCUT2D eigenvalue weighted by Gasteiger charge is 2.05. The Labute approximate surface area is 82.5 Å². The first-order valence-corrected chi connectivity index (χ1v) is 4.61. The maximum Gasteiger partial charge on any atom is 0.273 e. The number of fused-ring (bicyclic) bond motifs is 1. The summed E-state index contributed by atoms with van der Waals surface area (Å²) in [7, 11) is 1.83. The second kappa shape index (κ2) is 2.62. The molecule has 0 fully saturated rings.